The Labute approximate surface area is 112 Å². The lowest BCUT2D eigenvalue weighted by molar-refractivity contribution is -0.164. The molecule has 0 amide bonds. The number of carbonyl (C=O) groups is 1. The monoisotopic (exact) mass is 352 g/mol. The quantitative estimate of drug-likeness (QED) is 0.611. The molecule has 0 fully saturated rings. The second kappa shape index (κ2) is 6.09. The van der Waals surface area contributed by atoms with E-state index in [0.717, 1.165) is 0 Å². The summed E-state index contributed by atoms with van der Waals surface area (Å²) in [6, 6.07) is 8.66. The standard InChI is InChI=1S/C12H11F2IO2/c1-2-17-11(16)12(13,14)8-10(15)9-6-4-3-5-7-9/h3-8H,2H2,1H3/b10-8-. The van der Waals surface area contributed by atoms with Gasteiger partial charge in [-0.05, 0) is 35.1 Å². The molecule has 0 spiro atoms. The average Bonchev–Trinajstić information content (AvgIpc) is 2.30. The van der Waals surface area contributed by atoms with E-state index in [1.165, 1.54) is 6.92 Å². The van der Waals surface area contributed by atoms with Gasteiger partial charge in [-0.3, -0.25) is 0 Å². The molecule has 0 aromatic heterocycles. The topological polar surface area (TPSA) is 26.3 Å². The van der Waals surface area contributed by atoms with E-state index in [2.05, 4.69) is 4.74 Å². The van der Waals surface area contributed by atoms with E-state index >= 15 is 0 Å². The van der Waals surface area contributed by atoms with Gasteiger partial charge in [0.25, 0.3) is 0 Å². The molecule has 2 nitrogen and oxygen atoms in total. The normalized spacial score (nSPS) is 12.4. The van der Waals surface area contributed by atoms with Gasteiger partial charge >= 0.3 is 11.9 Å². The maximum atomic E-state index is 13.4. The van der Waals surface area contributed by atoms with Crippen molar-refractivity contribution in [3.63, 3.8) is 0 Å². The predicted octanol–water partition coefficient (Wildman–Crippen LogP) is 3.66. The number of ether oxygens (including phenoxy) is 1. The SMILES string of the molecule is CCOC(=O)C(F)(F)/C=C(\I)c1ccccc1. The number of rotatable bonds is 4. The number of benzene rings is 1. The van der Waals surface area contributed by atoms with Gasteiger partial charge in [0.05, 0.1) is 6.61 Å². The molecule has 17 heavy (non-hydrogen) atoms. The average molecular weight is 352 g/mol. The van der Waals surface area contributed by atoms with Gasteiger partial charge in [0.2, 0.25) is 0 Å². The molecule has 1 aromatic carbocycles. The number of halogens is 3. The smallest absolute Gasteiger partial charge is 0.381 e. The Bertz CT molecular complexity index is 416. The van der Waals surface area contributed by atoms with Crippen molar-refractivity contribution in [1.82, 2.24) is 0 Å². The highest BCUT2D eigenvalue weighted by Crippen LogP contribution is 2.28. The van der Waals surface area contributed by atoms with Crippen molar-refractivity contribution in [3.8, 4) is 0 Å². The fraction of sp³-hybridized carbons (Fsp3) is 0.250. The Balaban J connectivity index is 2.91. The first-order chi connectivity index (χ1) is 7.97. The summed E-state index contributed by atoms with van der Waals surface area (Å²) in [7, 11) is 0. The molecule has 0 saturated heterocycles. The van der Waals surface area contributed by atoms with Crippen molar-refractivity contribution < 1.29 is 18.3 Å². The summed E-state index contributed by atoms with van der Waals surface area (Å²) in [5.74, 6) is -5.12. The summed E-state index contributed by atoms with van der Waals surface area (Å²) in [4.78, 5) is 11.0. The van der Waals surface area contributed by atoms with Crippen molar-refractivity contribution >= 4 is 32.1 Å². The molecular weight excluding hydrogens is 341 g/mol. The van der Waals surface area contributed by atoms with Crippen LogP contribution in [0, 0.1) is 0 Å². The van der Waals surface area contributed by atoms with Crippen LogP contribution in [0.4, 0.5) is 8.78 Å². The van der Waals surface area contributed by atoms with Crippen molar-refractivity contribution in [2.75, 3.05) is 6.61 Å². The van der Waals surface area contributed by atoms with E-state index in [9.17, 15) is 13.6 Å². The maximum absolute atomic E-state index is 13.4. The number of esters is 1. The van der Waals surface area contributed by atoms with Crippen LogP contribution in [0.25, 0.3) is 3.58 Å². The second-order valence-electron chi connectivity index (χ2n) is 3.20. The molecule has 1 aromatic rings. The van der Waals surface area contributed by atoms with Gasteiger partial charge in [-0.2, -0.15) is 8.78 Å². The number of hydrogen-bond donors (Lipinski definition) is 0. The van der Waals surface area contributed by atoms with Gasteiger partial charge < -0.3 is 4.74 Å². The van der Waals surface area contributed by atoms with E-state index in [1.807, 2.05) is 0 Å². The van der Waals surface area contributed by atoms with Crippen molar-refractivity contribution in [2.45, 2.75) is 12.8 Å². The van der Waals surface area contributed by atoms with Crippen LogP contribution in [0.5, 0.6) is 0 Å². The summed E-state index contributed by atoms with van der Waals surface area (Å²) >= 11 is 1.77. The highest BCUT2D eigenvalue weighted by atomic mass is 127. The fourth-order valence-corrected chi connectivity index (χ4v) is 1.88. The molecule has 0 radical (unpaired) electrons. The van der Waals surface area contributed by atoms with Gasteiger partial charge in [-0.15, -0.1) is 0 Å². The summed E-state index contributed by atoms with van der Waals surface area (Å²) < 4.78 is 31.4. The zero-order valence-electron chi connectivity index (χ0n) is 9.12. The molecule has 0 N–H and O–H groups in total. The summed E-state index contributed by atoms with van der Waals surface area (Å²) in [5, 5.41) is 0. The first-order valence-electron chi connectivity index (χ1n) is 4.96. The molecule has 1 rings (SSSR count). The molecule has 0 aliphatic rings. The first kappa shape index (κ1) is 14.1. The van der Waals surface area contributed by atoms with E-state index in [-0.39, 0.29) is 6.61 Å². The van der Waals surface area contributed by atoms with Crippen molar-refractivity contribution in [2.24, 2.45) is 0 Å². The van der Waals surface area contributed by atoms with E-state index in [1.54, 1.807) is 52.9 Å². The van der Waals surface area contributed by atoms with Gasteiger partial charge in [0, 0.05) is 9.66 Å². The van der Waals surface area contributed by atoms with Crippen LogP contribution in [0.1, 0.15) is 12.5 Å². The predicted molar refractivity (Wildman–Crippen MR) is 70.0 cm³/mol. The van der Waals surface area contributed by atoms with Crippen LogP contribution in [-0.2, 0) is 9.53 Å². The van der Waals surface area contributed by atoms with Crippen LogP contribution < -0.4 is 0 Å². The molecule has 0 aliphatic carbocycles. The van der Waals surface area contributed by atoms with E-state index in [0.29, 0.717) is 15.2 Å². The Hall–Kier alpha value is -0.980. The maximum Gasteiger partial charge on any atom is 0.381 e. The van der Waals surface area contributed by atoms with Crippen LogP contribution in [0.3, 0.4) is 0 Å². The second-order valence-corrected chi connectivity index (χ2v) is 4.36. The molecule has 0 saturated carbocycles. The van der Waals surface area contributed by atoms with Gasteiger partial charge in [-0.1, -0.05) is 30.3 Å². The van der Waals surface area contributed by atoms with Gasteiger partial charge in [0.15, 0.2) is 0 Å². The summed E-state index contributed by atoms with van der Waals surface area (Å²) in [6.45, 7) is 1.42. The number of hydrogen-bond acceptors (Lipinski definition) is 2. The highest BCUT2D eigenvalue weighted by molar-refractivity contribution is 14.1. The third-order valence-corrected chi connectivity index (χ3v) is 2.84. The minimum absolute atomic E-state index is 0.0653. The molecule has 0 bridgehead atoms. The molecule has 0 unspecified atom stereocenters. The third-order valence-electron chi connectivity index (χ3n) is 1.91. The lowest BCUT2D eigenvalue weighted by Gasteiger charge is -2.11. The molecule has 0 heterocycles. The Kier molecular flexibility index (Phi) is 5.04. The van der Waals surface area contributed by atoms with E-state index < -0.39 is 11.9 Å². The molecular formula is C12H11F2IO2. The van der Waals surface area contributed by atoms with Crippen molar-refractivity contribution in [3.05, 3.63) is 42.0 Å². The lowest BCUT2D eigenvalue weighted by Crippen LogP contribution is -2.28. The number of carbonyl (C=O) groups excluding carboxylic acids is 1. The third kappa shape index (κ3) is 4.07. The van der Waals surface area contributed by atoms with Crippen LogP contribution in [0.2, 0.25) is 0 Å². The van der Waals surface area contributed by atoms with E-state index in [4.69, 9.17) is 0 Å². The molecule has 5 heteroatoms. The van der Waals surface area contributed by atoms with Crippen molar-refractivity contribution in [1.29, 1.82) is 0 Å². The minimum atomic E-state index is -3.59. The molecule has 92 valence electrons. The first-order valence-corrected chi connectivity index (χ1v) is 6.04. The number of alkyl halides is 2. The Morgan fingerprint density at radius 2 is 2.00 bits per heavy atom. The van der Waals surface area contributed by atoms with Gasteiger partial charge in [-0.25, -0.2) is 4.79 Å². The summed E-state index contributed by atoms with van der Waals surface area (Å²) in [5.41, 5.74) is 0.636. The van der Waals surface area contributed by atoms with Crippen LogP contribution in [0.15, 0.2) is 36.4 Å². The fourth-order valence-electron chi connectivity index (χ4n) is 1.13. The lowest BCUT2D eigenvalue weighted by atomic mass is 10.2. The zero-order chi connectivity index (χ0) is 12.9. The summed E-state index contributed by atoms with van der Waals surface area (Å²) in [6.07, 6.45) is 0.612. The molecule has 0 aliphatic heterocycles. The minimum Gasteiger partial charge on any atom is -0.461 e. The molecule has 0 atom stereocenters. The highest BCUT2D eigenvalue weighted by Gasteiger charge is 2.38. The van der Waals surface area contributed by atoms with Crippen LogP contribution in [-0.4, -0.2) is 18.5 Å². The Morgan fingerprint density at radius 3 is 2.53 bits per heavy atom. The van der Waals surface area contributed by atoms with Gasteiger partial charge in [0.1, 0.15) is 0 Å². The van der Waals surface area contributed by atoms with Crippen LogP contribution >= 0.6 is 22.6 Å². The zero-order valence-corrected chi connectivity index (χ0v) is 11.3. The largest absolute Gasteiger partial charge is 0.461 e. The Morgan fingerprint density at radius 1 is 1.41 bits per heavy atom.